The maximum Gasteiger partial charge on any atom is 0.410 e. The van der Waals surface area contributed by atoms with Crippen LogP contribution in [0.25, 0.3) is 0 Å². The number of hydrogen-bond donors (Lipinski definition) is 2. The number of nitrogens with zero attached hydrogens (tertiary/aromatic N) is 1. The lowest BCUT2D eigenvalue weighted by Crippen LogP contribution is -2.35. The number of cyclic esters (lactones) is 1. The Balaban J connectivity index is 1.03. The predicted molar refractivity (Wildman–Crippen MR) is 155 cm³/mol. The van der Waals surface area contributed by atoms with E-state index in [2.05, 4.69) is 5.32 Å². The number of nitrogens with one attached hydrogen (secondary N) is 1. The highest BCUT2D eigenvalue weighted by Gasteiger charge is 2.33. The molecular weight excluding hydrogens is 522 g/mol. The first kappa shape index (κ1) is 28.3. The Morgan fingerprint density at radius 2 is 1.88 bits per heavy atom. The van der Waals surface area contributed by atoms with Gasteiger partial charge in [-0.2, -0.15) is 0 Å². The maximum absolute atomic E-state index is 12.5. The Kier molecular flexibility index (Phi) is 8.64. The van der Waals surface area contributed by atoms with Crippen LogP contribution in [0.15, 0.2) is 66.7 Å². The zero-order valence-electron chi connectivity index (χ0n) is 23.6. The Hall–Kier alpha value is -4.24. The van der Waals surface area contributed by atoms with E-state index in [9.17, 15) is 9.59 Å². The Bertz CT molecular complexity index is 1370. The number of aryl methyl sites for hydroxylation is 1. The molecule has 2 heterocycles. The number of primary amides is 1. The topological polar surface area (TPSA) is 112 Å². The van der Waals surface area contributed by atoms with E-state index in [4.69, 9.17) is 24.7 Å². The quantitative estimate of drug-likeness (QED) is 0.280. The molecule has 0 radical (unpaired) electrons. The standard InChI is InChI=1S/C32H37N3O6/c1-32(2)39-21-25-19-24(11-14-28(25)41-32)29-20-35(31(37)40-29)16-15-22-9-12-27(13-10-22)38-17-4-3-6-23-7-5-8-26(18-23)34-30(33)36/h5,7-14,18-19,29H,3-4,6,15-17,20-21H2,1-2H3,(H3,33,34,36)/t29-/m0/s1. The van der Waals surface area contributed by atoms with Gasteiger partial charge in [-0.25, -0.2) is 9.59 Å². The summed E-state index contributed by atoms with van der Waals surface area (Å²) in [4.78, 5) is 25.3. The van der Waals surface area contributed by atoms with Gasteiger partial charge in [-0.1, -0.05) is 30.3 Å². The van der Waals surface area contributed by atoms with E-state index in [-0.39, 0.29) is 12.2 Å². The number of carbonyl (C=O) groups is 2. The number of carbonyl (C=O) groups excluding carboxylic acids is 2. The lowest BCUT2D eigenvalue weighted by atomic mass is 10.0. The van der Waals surface area contributed by atoms with Crippen LogP contribution < -0.4 is 20.5 Å². The molecular formula is C32H37N3O6. The first-order chi connectivity index (χ1) is 19.7. The molecule has 1 atom stereocenters. The molecule has 3 amide bonds. The molecule has 0 bridgehead atoms. The number of rotatable bonds is 11. The SMILES string of the molecule is CC1(C)OCc2cc([C@@H]3CN(CCc4ccc(OCCCCc5cccc(NC(N)=O)c5)cc4)C(=O)O3)ccc2O1. The van der Waals surface area contributed by atoms with Crippen LogP contribution in [-0.2, 0) is 28.9 Å². The normalized spacial score (nSPS) is 17.4. The van der Waals surface area contributed by atoms with E-state index in [1.807, 2.05) is 80.6 Å². The van der Waals surface area contributed by atoms with Crippen LogP contribution in [0.5, 0.6) is 11.5 Å². The second kappa shape index (κ2) is 12.5. The highest BCUT2D eigenvalue weighted by Crippen LogP contribution is 2.35. The number of benzene rings is 3. The third kappa shape index (κ3) is 7.70. The highest BCUT2D eigenvalue weighted by atomic mass is 16.7. The fourth-order valence-corrected chi connectivity index (χ4v) is 5.01. The molecule has 0 unspecified atom stereocenters. The van der Waals surface area contributed by atoms with Gasteiger partial charge in [0.2, 0.25) is 5.79 Å². The summed E-state index contributed by atoms with van der Waals surface area (Å²) >= 11 is 0. The van der Waals surface area contributed by atoms with Crippen LogP contribution in [-0.4, -0.2) is 42.5 Å². The molecule has 5 rings (SSSR count). The molecule has 1 fully saturated rings. The van der Waals surface area contributed by atoms with Gasteiger partial charge in [-0.15, -0.1) is 0 Å². The molecule has 0 aromatic heterocycles. The zero-order chi connectivity index (χ0) is 28.8. The summed E-state index contributed by atoms with van der Waals surface area (Å²) < 4.78 is 23.2. The molecule has 3 N–H and O–H groups in total. The second-order valence-electron chi connectivity index (χ2n) is 10.9. The Morgan fingerprint density at radius 1 is 1.05 bits per heavy atom. The third-order valence-corrected chi connectivity index (χ3v) is 7.19. The monoisotopic (exact) mass is 559 g/mol. The molecule has 2 aliphatic heterocycles. The minimum Gasteiger partial charge on any atom is -0.494 e. The van der Waals surface area contributed by atoms with Gasteiger partial charge in [-0.3, -0.25) is 0 Å². The lowest BCUT2D eigenvalue weighted by Gasteiger charge is -2.32. The third-order valence-electron chi connectivity index (χ3n) is 7.19. The van der Waals surface area contributed by atoms with Crippen LogP contribution in [0, 0.1) is 0 Å². The molecule has 3 aromatic rings. The van der Waals surface area contributed by atoms with Crippen LogP contribution in [0.3, 0.4) is 0 Å². The van der Waals surface area contributed by atoms with Gasteiger partial charge in [-0.05, 0) is 78.8 Å². The largest absolute Gasteiger partial charge is 0.494 e. The molecule has 0 aliphatic carbocycles. The summed E-state index contributed by atoms with van der Waals surface area (Å²) in [5, 5.41) is 2.60. The number of nitrogens with two attached hydrogens (primary N) is 1. The van der Waals surface area contributed by atoms with Crippen molar-refractivity contribution in [2.24, 2.45) is 5.73 Å². The van der Waals surface area contributed by atoms with Crippen molar-refractivity contribution >= 4 is 17.8 Å². The Labute approximate surface area is 240 Å². The molecule has 0 spiro atoms. The van der Waals surface area contributed by atoms with Gasteiger partial charge >= 0.3 is 12.1 Å². The van der Waals surface area contributed by atoms with E-state index < -0.39 is 11.8 Å². The van der Waals surface area contributed by atoms with Crippen molar-refractivity contribution in [1.29, 1.82) is 0 Å². The van der Waals surface area contributed by atoms with Gasteiger partial charge in [0.05, 0.1) is 19.8 Å². The van der Waals surface area contributed by atoms with Gasteiger partial charge < -0.3 is 34.9 Å². The first-order valence-corrected chi connectivity index (χ1v) is 14.0. The van der Waals surface area contributed by atoms with E-state index in [0.29, 0.717) is 32.0 Å². The van der Waals surface area contributed by atoms with Crippen molar-refractivity contribution in [2.75, 3.05) is 25.0 Å². The summed E-state index contributed by atoms with van der Waals surface area (Å²) in [6.07, 6.45) is 2.90. The Morgan fingerprint density at radius 3 is 2.68 bits per heavy atom. The van der Waals surface area contributed by atoms with E-state index in [1.54, 1.807) is 4.90 Å². The number of anilines is 1. The van der Waals surface area contributed by atoms with Crippen molar-refractivity contribution in [3.63, 3.8) is 0 Å². The summed E-state index contributed by atoms with van der Waals surface area (Å²) in [5.74, 6) is 0.989. The number of unbranched alkanes of at least 4 members (excludes halogenated alkanes) is 1. The van der Waals surface area contributed by atoms with Gasteiger partial charge in [0.25, 0.3) is 0 Å². The van der Waals surface area contributed by atoms with Crippen molar-refractivity contribution in [3.05, 3.63) is 89.0 Å². The number of urea groups is 1. The minimum absolute atomic E-state index is 0.294. The smallest absolute Gasteiger partial charge is 0.410 e. The van der Waals surface area contributed by atoms with Gasteiger partial charge in [0.1, 0.15) is 17.6 Å². The van der Waals surface area contributed by atoms with Crippen molar-refractivity contribution in [1.82, 2.24) is 4.90 Å². The van der Waals surface area contributed by atoms with Crippen molar-refractivity contribution in [3.8, 4) is 11.5 Å². The molecule has 216 valence electrons. The summed E-state index contributed by atoms with van der Waals surface area (Å²) in [7, 11) is 0. The molecule has 2 aliphatic rings. The average molecular weight is 560 g/mol. The summed E-state index contributed by atoms with van der Waals surface area (Å²) in [6.45, 7) is 5.96. The average Bonchev–Trinajstić information content (AvgIpc) is 3.31. The summed E-state index contributed by atoms with van der Waals surface area (Å²) in [5.41, 5.74) is 10.1. The van der Waals surface area contributed by atoms with Gasteiger partial charge in [0.15, 0.2) is 0 Å². The van der Waals surface area contributed by atoms with Crippen molar-refractivity contribution in [2.45, 2.75) is 58.0 Å². The maximum atomic E-state index is 12.5. The molecule has 9 nitrogen and oxygen atoms in total. The molecule has 1 saturated heterocycles. The van der Waals surface area contributed by atoms with Crippen LogP contribution in [0.4, 0.5) is 15.3 Å². The molecule has 9 heteroatoms. The van der Waals surface area contributed by atoms with Crippen LogP contribution >= 0.6 is 0 Å². The second-order valence-corrected chi connectivity index (χ2v) is 10.9. The zero-order valence-corrected chi connectivity index (χ0v) is 23.6. The van der Waals surface area contributed by atoms with E-state index >= 15 is 0 Å². The number of ether oxygens (including phenoxy) is 4. The lowest BCUT2D eigenvalue weighted by molar-refractivity contribution is -0.180. The predicted octanol–water partition coefficient (Wildman–Crippen LogP) is 5.96. The van der Waals surface area contributed by atoms with Gasteiger partial charge in [0, 0.05) is 31.6 Å². The fraction of sp³-hybridized carbons (Fsp3) is 0.375. The van der Waals surface area contributed by atoms with E-state index in [0.717, 1.165) is 59.4 Å². The molecule has 0 saturated carbocycles. The molecule has 41 heavy (non-hydrogen) atoms. The van der Waals surface area contributed by atoms with Crippen molar-refractivity contribution < 1.29 is 28.5 Å². The number of fused-ring (bicyclic) bond motifs is 1. The van der Waals surface area contributed by atoms with Crippen LogP contribution in [0.1, 0.15) is 55.0 Å². The number of hydrogen-bond acceptors (Lipinski definition) is 6. The summed E-state index contributed by atoms with van der Waals surface area (Å²) in [6, 6.07) is 21.0. The molecule has 3 aromatic carbocycles. The number of amides is 3. The first-order valence-electron chi connectivity index (χ1n) is 14.0. The fourth-order valence-electron chi connectivity index (χ4n) is 5.01. The highest BCUT2D eigenvalue weighted by molar-refractivity contribution is 5.87. The van der Waals surface area contributed by atoms with E-state index in [1.165, 1.54) is 0 Å². The van der Waals surface area contributed by atoms with Crippen LogP contribution in [0.2, 0.25) is 0 Å². The minimum atomic E-state index is -0.642.